The first kappa shape index (κ1) is 21.7. The van der Waals surface area contributed by atoms with Gasteiger partial charge in [-0.1, -0.05) is 0 Å². The zero-order valence-corrected chi connectivity index (χ0v) is 18.1. The van der Waals surface area contributed by atoms with Crippen LogP contribution in [0.3, 0.4) is 0 Å². The van der Waals surface area contributed by atoms with Crippen LogP contribution >= 0.6 is 0 Å². The normalized spacial score (nSPS) is 14.1. The highest BCUT2D eigenvalue weighted by molar-refractivity contribution is 6.07. The molecule has 0 radical (unpaired) electrons. The number of hydrogen-bond acceptors (Lipinski definition) is 5. The third-order valence-electron chi connectivity index (χ3n) is 5.47. The minimum Gasteiger partial charge on any atom is -0.496 e. The van der Waals surface area contributed by atoms with E-state index in [0.29, 0.717) is 22.8 Å². The van der Waals surface area contributed by atoms with Crippen molar-refractivity contribution in [2.75, 3.05) is 41.5 Å². The Morgan fingerprint density at radius 3 is 2.13 bits per heavy atom. The molecule has 0 saturated carbocycles. The van der Waals surface area contributed by atoms with E-state index in [0.717, 1.165) is 23.4 Å². The second-order valence-corrected chi connectivity index (χ2v) is 7.31. The van der Waals surface area contributed by atoms with Gasteiger partial charge < -0.3 is 23.8 Å². The van der Waals surface area contributed by atoms with Crippen LogP contribution in [0, 0.1) is 0 Å². The Morgan fingerprint density at radius 2 is 1.50 bits per heavy atom. The number of ketones is 1. The molecule has 0 amide bonds. The molecule has 6 nitrogen and oxygen atoms in total. The molecule has 1 heterocycles. The molecule has 0 atom stereocenters. The van der Waals surface area contributed by atoms with Gasteiger partial charge in [-0.3, -0.25) is 4.79 Å². The second kappa shape index (κ2) is 10.2. The van der Waals surface area contributed by atoms with E-state index >= 15 is 0 Å². The molecule has 160 valence electrons. The van der Waals surface area contributed by atoms with E-state index in [2.05, 4.69) is 0 Å². The van der Waals surface area contributed by atoms with Crippen LogP contribution in [0.2, 0.25) is 0 Å². The van der Waals surface area contributed by atoms with Crippen molar-refractivity contribution < 1.29 is 28.6 Å². The molecule has 30 heavy (non-hydrogen) atoms. The summed E-state index contributed by atoms with van der Waals surface area (Å²) in [6.45, 7) is 3.21. The van der Waals surface area contributed by atoms with Crippen LogP contribution in [-0.2, 0) is 6.54 Å². The number of likely N-dealkylation sites (tertiary alicyclic amines) is 1. The fraction of sp³-hybridized carbons (Fsp3) is 0.375. The first-order chi connectivity index (χ1) is 14.6. The lowest BCUT2D eigenvalue weighted by atomic mass is 10.0. The van der Waals surface area contributed by atoms with E-state index in [1.807, 2.05) is 12.1 Å². The molecule has 0 aliphatic carbocycles. The average molecular weight is 413 g/mol. The number of carbonyl (C=O) groups is 1. The summed E-state index contributed by atoms with van der Waals surface area (Å²) in [4.78, 5) is 14.4. The van der Waals surface area contributed by atoms with Crippen molar-refractivity contribution >= 4 is 11.9 Å². The van der Waals surface area contributed by atoms with Crippen molar-refractivity contribution in [2.24, 2.45) is 0 Å². The number of nitrogens with one attached hydrogen (secondary N) is 1. The largest absolute Gasteiger partial charge is 0.496 e. The van der Waals surface area contributed by atoms with Crippen molar-refractivity contribution in [2.45, 2.75) is 19.4 Å². The first-order valence-corrected chi connectivity index (χ1v) is 10.1. The fourth-order valence-corrected chi connectivity index (χ4v) is 3.84. The minimum absolute atomic E-state index is 0.0767. The SMILES string of the molecule is COc1cc(OC)c(OC)cc1/C=C/C(=O)c1ccc(OC)c(C[NH+]2CCCC2)c1. The Morgan fingerprint density at radius 1 is 0.867 bits per heavy atom. The summed E-state index contributed by atoms with van der Waals surface area (Å²) in [7, 11) is 6.39. The molecule has 0 aromatic heterocycles. The van der Waals surface area contributed by atoms with Crippen LogP contribution in [-0.4, -0.2) is 47.3 Å². The maximum atomic E-state index is 12.9. The minimum atomic E-state index is -0.0767. The number of allylic oxidation sites excluding steroid dienone is 1. The molecule has 2 aromatic carbocycles. The van der Waals surface area contributed by atoms with Crippen LogP contribution in [0.4, 0.5) is 0 Å². The number of carbonyl (C=O) groups excluding carboxylic acids is 1. The number of ether oxygens (including phenoxy) is 4. The third-order valence-corrected chi connectivity index (χ3v) is 5.47. The van der Waals surface area contributed by atoms with Crippen molar-refractivity contribution in [3.63, 3.8) is 0 Å². The molecule has 6 heteroatoms. The Bertz CT molecular complexity index is 916. The maximum absolute atomic E-state index is 12.9. The quantitative estimate of drug-likeness (QED) is 0.507. The lowest BCUT2D eigenvalue weighted by molar-refractivity contribution is -0.901. The van der Waals surface area contributed by atoms with Crippen molar-refractivity contribution in [1.29, 1.82) is 0 Å². The van der Waals surface area contributed by atoms with Gasteiger partial charge in [-0.25, -0.2) is 0 Å². The number of benzene rings is 2. The standard InChI is InChI=1S/C24H29NO5/c1-27-21-10-8-17(13-19(21)16-25-11-5-6-12-25)20(26)9-7-18-14-23(29-3)24(30-4)15-22(18)28-2/h7-10,13-15H,5-6,11-12,16H2,1-4H3/p+1/b9-7+. The topological polar surface area (TPSA) is 58.4 Å². The highest BCUT2D eigenvalue weighted by atomic mass is 16.5. The smallest absolute Gasteiger partial charge is 0.185 e. The van der Waals surface area contributed by atoms with E-state index < -0.39 is 0 Å². The average Bonchev–Trinajstić information content (AvgIpc) is 3.29. The van der Waals surface area contributed by atoms with Crippen LogP contribution in [0.15, 0.2) is 36.4 Å². The molecule has 1 aliphatic rings. The van der Waals surface area contributed by atoms with Gasteiger partial charge in [0.25, 0.3) is 0 Å². The fourth-order valence-electron chi connectivity index (χ4n) is 3.84. The molecule has 0 spiro atoms. The van der Waals surface area contributed by atoms with E-state index in [9.17, 15) is 4.79 Å². The summed E-state index contributed by atoms with van der Waals surface area (Å²) in [5.41, 5.74) is 2.44. The van der Waals surface area contributed by atoms with Crippen LogP contribution in [0.25, 0.3) is 6.08 Å². The van der Waals surface area contributed by atoms with Crippen molar-refractivity contribution in [3.8, 4) is 23.0 Å². The molecule has 3 rings (SSSR count). The number of rotatable bonds is 9. The van der Waals surface area contributed by atoms with Crippen LogP contribution in [0.5, 0.6) is 23.0 Å². The highest BCUT2D eigenvalue weighted by Gasteiger charge is 2.19. The molecule has 1 N–H and O–H groups in total. The van der Waals surface area contributed by atoms with Gasteiger partial charge in [0.05, 0.1) is 41.5 Å². The van der Waals surface area contributed by atoms with Gasteiger partial charge in [0, 0.05) is 35.6 Å². The van der Waals surface area contributed by atoms with E-state index in [4.69, 9.17) is 18.9 Å². The lowest BCUT2D eigenvalue weighted by Gasteiger charge is -2.15. The van der Waals surface area contributed by atoms with Crippen LogP contribution in [0.1, 0.15) is 34.3 Å². The Balaban J connectivity index is 1.84. The molecule has 2 aromatic rings. The highest BCUT2D eigenvalue weighted by Crippen LogP contribution is 2.35. The molecule has 0 unspecified atom stereocenters. The summed E-state index contributed by atoms with van der Waals surface area (Å²) in [6.07, 6.45) is 5.80. The summed E-state index contributed by atoms with van der Waals surface area (Å²) >= 11 is 0. The molecule has 1 fully saturated rings. The lowest BCUT2D eigenvalue weighted by Crippen LogP contribution is -3.08. The third kappa shape index (κ3) is 4.94. The monoisotopic (exact) mass is 412 g/mol. The maximum Gasteiger partial charge on any atom is 0.185 e. The van der Waals surface area contributed by atoms with Crippen molar-refractivity contribution in [1.82, 2.24) is 0 Å². The zero-order valence-electron chi connectivity index (χ0n) is 18.1. The Hall–Kier alpha value is -2.99. The van der Waals surface area contributed by atoms with Gasteiger partial charge in [0.2, 0.25) is 0 Å². The van der Waals surface area contributed by atoms with E-state index in [1.54, 1.807) is 58.8 Å². The van der Waals surface area contributed by atoms with Crippen LogP contribution < -0.4 is 23.8 Å². The van der Waals surface area contributed by atoms with Gasteiger partial charge in [0.1, 0.15) is 18.0 Å². The molecular weight excluding hydrogens is 382 g/mol. The van der Waals surface area contributed by atoms with E-state index in [1.165, 1.54) is 30.8 Å². The summed E-state index contributed by atoms with van der Waals surface area (Å²) in [5.74, 6) is 2.50. The molecular formula is C24H30NO5+. The predicted octanol–water partition coefficient (Wildman–Crippen LogP) is 2.80. The Labute approximate surface area is 178 Å². The summed E-state index contributed by atoms with van der Waals surface area (Å²) < 4.78 is 21.6. The molecule has 1 saturated heterocycles. The van der Waals surface area contributed by atoms with Gasteiger partial charge >= 0.3 is 0 Å². The molecule has 0 bridgehead atoms. The van der Waals surface area contributed by atoms with E-state index in [-0.39, 0.29) is 5.78 Å². The van der Waals surface area contributed by atoms with Gasteiger partial charge in [-0.15, -0.1) is 0 Å². The van der Waals surface area contributed by atoms with Gasteiger partial charge in [-0.2, -0.15) is 0 Å². The second-order valence-electron chi connectivity index (χ2n) is 7.31. The molecule has 1 aliphatic heterocycles. The zero-order chi connectivity index (χ0) is 21.5. The van der Waals surface area contributed by atoms with Crippen molar-refractivity contribution in [3.05, 3.63) is 53.1 Å². The summed E-state index contributed by atoms with van der Waals surface area (Å²) in [5, 5.41) is 0. The number of quaternary nitrogens is 1. The summed E-state index contributed by atoms with van der Waals surface area (Å²) in [6, 6.07) is 9.16. The van der Waals surface area contributed by atoms with Gasteiger partial charge in [0.15, 0.2) is 17.3 Å². The number of methoxy groups -OCH3 is 4. The number of hydrogen-bond donors (Lipinski definition) is 1. The van der Waals surface area contributed by atoms with Gasteiger partial charge in [-0.05, 0) is 36.4 Å². The Kier molecular flexibility index (Phi) is 7.36. The predicted molar refractivity (Wildman–Crippen MR) is 116 cm³/mol. The first-order valence-electron chi connectivity index (χ1n) is 10.1.